The van der Waals surface area contributed by atoms with E-state index in [-0.39, 0.29) is 49.6 Å². The summed E-state index contributed by atoms with van der Waals surface area (Å²) < 4.78 is 26.9. The highest BCUT2D eigenvalue weighted by molar-refractivity contribution is 6.03. The van der Waals surface area contributed by atoms with Gasteiger partial charge in [0.2, 0.25) is 5.79 Å². The van der Waals surface area contributed by atoms with Crippen LogP contribution in [0, 0.1) is 37.0 Å². The number of unbranched alkanes of at least 4 members (excludes halogenated alkanes) is 2. The number of benzene rings is 2. The van der Waals surface area contributed by atoms with Gasteiger partial charge in [0.05, 0.1) is 24.8 Å². The highest BCUT2D eigenvalue weighted by Crippen LogP contribution is 2.62. The number of carbonyl (C=O) groups is 1. The van der Waals surface area contributed by atoms with E-state index in [0.717, 1.165) is 53.8 Å². The van der Waals surface area contributed by atoms with Crippen molar-refractivity contribution < 1.29 is 38.8 Å². The Kier molecular flexibility index (Phi) is 15.1. The van der Waals surface area contributed by atoms with Crippen molar-refractivity contribution in [2.24, 2.45) is 28.3 Å². The molecule has 2 N–H and O–H groups in total. The van der Waals surface area contributed by atoms with Crippen LogP contribution in [0.3, 0.4) is 0 Å². The molecule has 6 atom stereocenters. The van der Waals surface area contributed by atoms with Gasteiger partial charge >= 0.3 is 6.09 Å². The van der Waals surface area contributed by atoms with Gasteiger partial charge in [-0.15, -0.1) is 6.58 Å². The monoisotopic (exact) mass is 774 g/mol. The molecule has 1 heterocycles. The van der Waals surface area contributed by atoms with Crippen LogP contribution in [0.15, 0.2) is 65.9 Å². The van der Waals surface area contributed by atoms with Crippen molar-refractivity contribution in [3.05, 3.63) is 77.4 Å². The number of hydrogen-bond acceptors (Lipinski definition) is 9. The molecule has 1 amide bonds. The van der Waals surface area contributed by atoms with Crippen LogP contribution in [0.2, 0.25) is 0 Å². The average molecular weight is 775 g/mol. The number of rotatable bonds is 19. The normalized spacial score (nSPS) is 24.7. The Bertz CT molecular complexity index is 1700. The number of nitrogens with zero attached hydrogens (tertiary/aromatic N) is 2. The fourth-order valence-corrected chi connectivity index (χ4v) is 8.74. The molecule has 1 fully saturated rings. The van der Waals surface area contributed by atoms with E-state index in [1.54, 1.807) is 11.0 Å². The molecule has 308 valence electrons. The molecule has 10 nitrogen and oxygen atoms in total. The zero-order valence-electron chi connectivity index (χ0n) is 34.9. The second-order valence-corrected chi connectivity index (χ2v) is 16.8. The number of ether oxygens (including phenoxy) is 4. The van der Waals surface area contributed by atoms with Gasteiger partial charge in [0.25, 0.3) is 0 Å². The molecule has 2 aromatic carbocycles. The van der Waals surface area contributed by atoms with E-state index in [9.17, 15) is 15.0 Å². The summed E-state index contributed by atoms with van der Waals surface area (Å²) in [5, 5.41) is 24.5. The first kappa shape index (κ1) is 43.3. The number of aryl methyl sites for hydroxylation is 2. The van der Waals surface area contributed by atoms with Crippen molar-refractivity contribution in [1.82, 2.24) is 4.90 Å². The van der Waals surface area contributed by atoms with Gasteiger partial charge in [0.1, 0.15) is 29.9 Å². The molecule has 1 saturated carbocycles. The summed E-state index contributed by atoms with van der Waals surface area (Å²) in [7, 11) is 0. The van der Waals surface area contributed by atoms with E-state index < -0.39 is 23.8 Å². The number of hydrogen-bond donors (Lipinski definition) is 2. The van der Waals surface area contributed by atoms with Crippen LogP contribution < -0.4 is 9.47 Å². The molecule has 10 heteroatoms. The van der Waals surface area contributed by atoms with Crippen LogP contribution >= 0.6 is 0 Å². The van der Waals surface area contributed by atoms with Crippen molar-refractivity contribution in [3.8, 4) is 17.2 Å². The number of amides is 1. The van der Waals surface area contributed by atoms with Crippen LogP contribution in [-0.4, -0.2) is 78.3 Å². The topological polar surface area (TPSA) is 119 Å². The third kappa shape index (κ3) is 9.80. The Balaban J connectivity index is 1.76. The van der Waals surface area contributed by atoms with Gasteiger partial charge < -0.3 is 34.0 Å². The van der Waals surface area contributed by atoms with Crippen molar-refractivity contribution in [2.45, 2.75) is 118 Å². The number of allylic oxidation sites excluding steroid dienone is 1. The molecule has 0 bridgehead atoms. The lowest BCUT2D eigenvalue weighted by atomic mass is 9.55. The number of fused-ring (bicyclic) bond motifs is 2. The van der Waals surface area contributed by atoms with Gasteiger partial charge in [0, 0.05) is 37.7 Å². The van der Waals surface area contributed by atoms with E-state index in [4.69, 9.17) is 28.9 Å². The first-order valence-corrected chi connectivity index (χ1v) is 20.8. The minimum atomic E-state index is -1.33. The largest absolute Gasteiger partial charge is 0.459 e. The Morgan fingerprint density at radius 1 is 1.02 bits per heavy atom. The summed E-state index contributed by atoms with van der Waals surface area (Å²) >= 11 is 0. The molecule has 5 rings (SSSR count). The summed E-state index contributed by atoms with van der Waals surface area (Å²) in [5.74, 6) is 0.509. The van der Waals surface area contributed by atoms with E-state index in [0.29, 0.717) is 50.3 Å². The van der Waals surface area contributed by atoms with E-state index in [1.165, 1.54) is 5.56 Å². The van der Waals surface area contributed by atoms with Crippen LogP contribution in [0.5, 0.6) is 17.2 Å². The fraction of sp³-hybridized carbons (Fsp3) is 0.609. The maximum absolute atomic E-state index is 14.3. The molecular weight excluding hydrogens is 709 g/mol. The Morgan fingerprint density at radius 3 is 2.39 bits per heavy atom. The third-order valence-corrected chi connectivity index (χ3v) is 11.4. The summed E-state index contributed by atoms with van der Waals surface area (Å²) in [4.78, 5) is 21.9. The molecular formula is C46H66N2O8. The maximum Gasteiger partial charge on any atom is 0.410 e. The van der Waals surface area contributed by atoms with Gasteiger partial charge in [0.15, 0.2) is 0 Å². The average Bonchev–Trinajstić information content (AvgIpc) is 3.17. The zero-order valence-corrected chi connectivity index (χ0v) is 34.9. The molecule has 0 spiro atoms. The second-order valence-electron chi connectivity index (χ2n) is 16.8. The quantitative estimate of drug-likeness (QED) is 0.0823. The summed E-state index contributed by atoms with van der Waals surface area (Å²) in [6, 6.07) is 11.5. The molecule has 56 heavy (non-hydrogen) atoms. The van der Waals surface area contributed by atoms with E-state index >= 15 is 0 Å². The Hall–Kier alpha value is -3.86. The predicted octanol–water partition coefficient (Wildman–Crippen LogP) is 9.64. The van der Waals surface area contributed by atoms with Gasteiger partial charge in [-0.1, -0.05) is 63.9 Å². The van der Waals surface area contributed by atoms with Gasteiger partial charge in [-0.2, -0.15) is 0 Å². The van der Waals surface area contributed by atoms with Crippen LogP contribution in [0.25, 0.3) is 0 Å². The summed E-state index contributed by atoms with van der Waals surface area (Å²) in [6.45, 7) is 19.8. The molecule has 0 aromatic heterocycles. The predicted molar refractivity (Wildman–Crippen MR) is 220 cm³/mol. The molecule has 0 radical (unpaired) electrons. The lowest BCUT2D eigenvalue weighted by Gasteiger charge is -2.60. The van der Waals surface area contributed by atoms with E-state index in [1.807, 2.05) is 45.9 Å². The number of oxime groups is 1. The summed E-state index contributed by atoms with van der Waals surface area (Å²) in [5.41, 5.74) is 4.90. The molecule has 6 unspecified atom stereocenters. The van der Waals surface area contributed by atoms with Crippen LogP contribution in [-0.2, 0) is 14.3 Å². The summed E-state index contributed by atoms with van der Waals surface area (Å²) in [6.07, 6.45) is 9.52. The minimum Gasteiger partial charge on any atom is -0.459 e. The molecule has 1 aliphatic heterocycles. The molecule has 3 aliphatic rings. The van der Waals surface area contributed by atoms with Gasteiger partial charge in [-0.05, 0) is 117 Å². The standard InChI is InChI=1S/C46H66N2O8/c1-9-22-48(44(51)52-30-45(6,7)8)41-29-39(47-54-11-3)37-27-33(16-12-14-23-49)36(17-13-15-24-50)42-38-28-35(55-34-19-18-31(4)32(5)26-34)20-21-40(38)56-46(41,43(37)42)53-25-10-2/h10,18-21,26-28,33,36,41-43,49-50H,2,9,11-17,22-25,29-30H2,1,3-8H3. The fourth-order valence-electron chi connectivity index (χ4n) is 8.74. The van der Waals surface area contributed by atoms with Crippen molar-refractivity contribution in [3.63, 3.8) is 0 Å². The van der Waals surface area contributed by atoms with E-state index in [2.05, 4.69) is 51.6 Å². The van der Waals surface area contributed by atoms with Gasteiger partial charge in [-0.25, -0.2) is 4.79 Å². The smallest absolute Gasteiger partial charge is 0.410 e. The lowest BCUT2D eigenvalue weighted by molar-refractivity contribution is -0.255. The number of carbonyl (C=O) groups excluding carboxylic acids is 1. The highest BCUT2D eigenvalue weighted by Gasteiger charge is 2.65. The Morgan fingerprint density at radius 2 is 1.73 bits per heavy atom. The Labute approximate surface area is 334 Å². The van der Waals surface area contributed by atoms with Crippen molar-refractivity contribution in [2.75, 3.05) is 39.6 Å². The zero-order chi connectivity index (χ0) is 40.5. The highest BCUT2D eigenvalue weighted by atomic mass is 16.7. The molecule has 0 saturated heterocycles. The maximum atomic E-state index is 14.3. The third-order valence-electron chi connectivity index (χ3n) is 11.4. The second kappa shape index (κ2) is 19.5. The van der Waals surface area contributed by atoms with Gasteiger partial charge in [-0.3, -0.25) is 4.90 Å². The van der Waals surface area contributed by atoms with Crippen LogP contribution in [0.4, 0.5) is 4.79 Å². The van der Waals surface area contributed by atoms with Crippen molar-refractivity contribution in [1.29, 1.82) is 0 Å². The van der Waals surface area contributed by atoms with Crippen LogP contribution in [0.1, 0.15) is 109 Å². The molecule has 2 aliphatic carbocycles. The number of aliphatic hydroxyl groups excluding tert-OH is 2. The first-order valence-electron chi connectivity index (χ1n) is 20.8. The van der Waals surface area contributed by atoms with Crippen molar-refractivity contribution >= 4 is 11.8 Å². The lowest BCUT2D eigenvalue weighted by Crippen LogP contribution is -2.70. The minimum absolute atomic E-state index is 0.111. The molecule has 2 aromatic rings. The first-order chi connectivity index (χ1) is 26.9. The SMILES string of the molecule is C=CCOC12Oc3ccc(Oc4ccc(C)c(C)c4)cc3C3C(CCCCO)C(CCCCO)C=C(C(=NOCC)CC1N(CCC)C(=O)OCC(C)(C)C)C32. The number of aliphatic hydroxyl groups is 2.